The first-order valence-electron chi connectivity index (χ1n) is 13.8. The molecule has 0 saturated carbocycles. The van der Waals surface area contributed by atoms with Gasteiger partial charge in [-0.3, -0.25) is 13.9 Å². The van der Waals surface area contributed by atoms with E-state index in [1.807, 2.05) is 47.6 Å². The summed E-state index contributed by atoms with van der Waals surface area (Å²) in [4.78, 5) is 29.2. The molecule has 3 aromatic carbocycles. The quantitative estimate of drug-likeness (QED) is 0.265. The largest absolute Gasteiger partial charge is 0.350 e. The molecule has 0 aliphatic heterocycles. The van der Waals surface area contributed by atoms with Crippen LogP contribution in [0.2, 0.25) is 10.0 Å². The van der Waals surface area contributed by atoms with Gasteiger partial charge in [-0.2, -0.15) is 0 Å². The van der Waals surface area contributed by atoms with E-state index >= 15 is 0 Å². The molecule has 0 bridgehead atoms. The normalized spacial score (nSPS) is 12.5. The third-order valence-electron chi connectivity index (χ3n) is 6.94. The third-order valence-corrected chi connectivity index (χ3v) is 9.44. The molecule has 0 fully saturated rings. The number of hydrogen-bond acceptors (Lipinski definition) is 4. The highest BCUT2D eigenvalue weighted by Crippen LogP contribution is 2.29. The zero-order valence-corrected chi connectivity index (χ0v) is 27.5. The van der Waals surface area contributed by atoms with E-state index in [1.54, 1.807) is 49.4 Å². The van der Waals surface area contributed by atoms with Crippen molar-refractivity contribution >= 4 is 50.7 Å². The van der Waals surface area contributed by atoms with Crippen molar-refractivity contribution < 1.29 is 18.0 Å². The summed E-state index contributed by atoms with van der Waals surface area (Å²) >= 11 is 13.0. The predicted molar refractivity (Wildman–Crippen MR) is 171 cm³/mol. The Balaban J connectivity index is 2.14. The van der Waals surface area contributed by atoms with Gasteiger partial charge in [0.1, 0.15) is 12.6 Å². The van der Waals surface area contributed by atoms with Crippen LogP contribution in [-0.2, 0) is 26.2 Å². The van der Waals surface area contributed by atoms with Gasteiger partial charge >= 0.3 is 0 Å². The summed E-state index contributed by atoms with van der Waals surface area (Å²) in [5, 5.41) is 3.63. The fourth-order valence-electron chi connectivity index (χ4n) is 4.47. The maximum absolute atomic E-state index is 14.3. The number of nitrogens with zero attached hydrogens (tertiary/aromatic N) is 2. The Labute approximate surface area is 259 Å². The average Bonchev–Trinajstić information content (AvgIpc) is 2.89. The molecule has 0 aliphatic rings. The van der Waals surface area contributed by atoms with Crippen molar-refractivity contribution in [1.29, 1.82) is 0 Å². The van der Waals surface area contributed by atoms with Crippen LogP contribution in [0.4, 0.5) is 5.69 Å². The van der Waals surface area contributed by atoms with E-state index in [9.17, 15) is 18.0 Å². The molecule has 2 amide bonds. The Morgan fingerprint density at radius 1 is 0.905 bits per heavy atom. The fraction of sp³-hybridized carbons (Fsp3) is 0.375. The topological polar surface area (TPSA) is 86.8 Å². The molecule has 0 radical (unpaired) electrons. The van der Waals surface area contributed by atoms with Gasteiger partial charge < -0.3 is 10.2 Å². The van der Waals surface area contributed by atoms with Crippen LogP contribution < -0.4 is 9.62 Å². The highest BCUT2D eigenvalue weighted by Gasteiger charge is 2.35. The number of carbonyl (C=O) groups is 2. The molecule has 42 heavy (non-hydrogen) atoms. The maximum Gasteiger partial charge on any atom is 0.264 e. The number of halogens is 2. The van der Waals surface area contributed by atoms with Crippen molar-refractivity contribution in [3.8, 4) is 0 Å². The van der Waals surface area contributed by atoms with Crippen molar-refractivity contribution in [2.45, 2.75) is 77.9 Å². The van der Waals surface area contributed by atoms with Gasteiger partial charge in [-0.05, 0) is 95.5 Å². The number of amides is 2. The molecule has 0 saturated heterocycles. The van der Waals surface area contributed by atoms with E-state index in [2.05, 4.69) is 5.32 Å². The number of benzene rings is 3. The second-order valence-electron chi connectivity index (χ2n) is 11.5. The summed E-state index contributed by atoms with van der Waals surface area (Å²) in [7, 11) is -4.17. The number of nitrogens with one attached hydrogen (secondary N) is 1. The molecule has 226 valence electrons. The van der Waals surface area contributed by atoms with Gasteiger partial charge in [0.25, 0.3) is 10.0 Å². The number of rotatable bonds is 10. The molecular formula is C32H39Cl2N3O4S. The lowest BCUT2D eigenvalue weighted by Crippen LogP contribution is -2.55. The standard InChI is InChI=1S/C32H39Cl2N3O4S/c1-8-29(31(39)35-32(5,6)7)36(19-26-27(33)10-9-11-28(26)34)30(38)20-37(24-15-14-22(3)23(4)18-24)42(40,41)25-16-12-21(2)13-17-25/h9-18,29H,8,19-20H2,1-7H3,(H,35,39). The number of hydrogen-bond donors (Lipinski definition) is 1. The zero-order chi connectivity index (χ0) is 31.4. The van der Waals surface area contributed by atoms with E-state index in [4.69, 9.17) is 23.2 Å². The van der Waals surface area contributed by atoms with Gasteiger partial charge in [-0.1, -0.05) is 60.0 Å². The molecule has 1 atom stereocenters. The highest BCUT2D eigenvalue weighted by molar-refractivity contribution is 7.92. The molecule has 7 nitrogen and oxygen atoms in total. The lowest BCUT2D eigenvalue weighted by molar-refractivity contribution is -0.141. The first kappa shape index (κ1) is 33.4. The van der Waals surface area contributed by atoms with Gasteiger partial charge in [0.05, 0.1) is 10.6 Å². The minimum atomic E-state index is -4.17. The molecular weight excluding hydrogens is 593 g/mol. The van der Waals surface area contributed by atoms with Gasteiger partial charge in [0, 0.05) is 27.7 Å². The van der Waals surface area contributed by atoms with E-state index < -0.39 is 34.1 Å². The number of sulfonamides is 1. The monoisotopic (exact) mass is 631 g/mol. The van der Waals surface area contributed by atoms with Gasteiger partial charge in [-0.15, -0.1) is 0 Å². The Kier molecular flexibility index (Phi) is 10.7. The molecule has 3 rings (SSSR count). The van der Waals surface area contributed by atoms with Crippen molar-refractivity contribution in [3.05, 3.63) is 93.0 Å². The number of carbonyl (C=O) groups excluding carboxylic acids is 2. The van der Waals surface area contributed by atoms with E-state index in [0.29, 0.717) is 21.3 Å². The van der Waals surface area contributed by atoms with Crippen molar-refractivity contribution in [2.24, 2.45) is 0 Å². The molecule has 0 spiro atoms. The SMILES string of the molecule is CCC(C(=O)NC(C)(C)C)N(Cc1c(Cl)cccc1Cl)C(=O)CN(c1ccc(C)c(C)c1)S(=O)(=O)c1ccc(C)cc1. The molecule has 1 unspecified atom stereocenters. The smallest absolute Gasteiger partial charge is 0.264 e. The van der Waals surface area contributed by atoms with Crippen LogP contribution in [0.25, 0.3) is 0 Å². The van der Waals surface area contributed by atoms with Crippen LogP contribution in [-0.4, -0.2) is 43.3 Å². The van der Waals surface area contributed by atoms with E-state index in [1.165, 1.54) is 17.0 Å². The number of anilines is 1. The minimum absolute atomic E-state index is 0.0531. The summed E-state index contributed by atoms with van der Waals surface area (Å²) in [5.41, 5.74) is 3.02. The van der Waals surface area contributed by atoms with E-state index in [-0.39, 0.29) is 23.8 Å². The van der Waals surface area contributed by atoms with Crippen molar-refractivity contribution in [3.63, 3.8) is 0 Å². The molecule has 3 aromatic rings. The van der Waals surface area contributed by atoms with Gasteiger partial charge in [0.2, 0.25) is 11.8 Å². The fourth-order valence-corrected chi connectivity index (χ4v) is 6.40. The summed E-state index contributed by atoms with van der Waals surface area (Å²) in [6, 6.07) is 15.8. The third kappa shape index (κ3) is 8.06. The summed E-state index contributed by atoms with van der Waals surface area (Å²) in [5.74, 6) is -0.934. The zero-order valence-electron chi connectivity index (χ0n) is 25.2. The second-order valence-corrected chi connectivity index (χ2v) is 14.2. The van der Waals surface area contributed by atoms with Crippen LogP contribution in [0, 0.1) is 20.8 Å². The van der Waals surface area contributed by atoms with Crippen LogP contribution in [0.1, 0.15) is 56.4 Å². The number of aryl methyl sites for hydroxylation is 3. The Morgan fingerprint density at radius 3 is 2.02 bits per heavy atom. The Bertz CT molecular complexity index is 1530. The molecule has 1 N–H and O–H groups in total. The molecule has 0 heterocycles. The summed E-state index contributed by atoms with van der Waals surface area (Å²) < 4.78 is 29.2. The van der Waals surface area contributed by atoms with Gasteiger partial charge in [-0.25, -0.2) is 8.42 Å². The minimum Gasteiger partial charge on any atom is -0.350 e. The van der Waals surface area contributed by atoms with Crippen molar-refractivity contribution in [2.75, 3.05) is 10.8 Å². The highest BCUT2D eigenvalue weighted by atomic mass is 35.5. The van der Waals surface area contributed by atoms with Crippen molar-refractivity contribution in [1.82, 2.24) is 10.2 Å². The first-order chi connectivity index (χ1) is 19.5. The molecule has 0 aromatic heterocycles. The lowest BCUT2D eigenvalue weighted by Gasteiger charge is -2.35. The molecule has 0 aliphatic carbocycles. The molecule has 10 heteroatoms. The van der Waals surface area contributed by atoms with Crippen LogP contribution in [0.5, 0.6) is 0 Å². The predicted octanol–water partition coefficient (Wildman–Crippen LogP) is 6.84. The lowest BCUT2D eigenvalue weighted by atomic mass is 10.1. The Morgan fingerprint density at radius 2 is 1.50 bits per heavy atom. The van der Waals surface area contributed by atoms with E-state index in [0.717, 1.165) is 21.0 Å². The summed E-state index contributed by atoms with van der Waals surface area (Å²) in [6.45, 7) is 12.4. The average molecular weight is 633 g/mol. The maximum atomic E-state index is 14.3. The van der Waals surface area contributed by atoms with Gasteiger partial charge in [0.15, 0.2) is 0 Å². The summed E-state index contributed by atoms with van der Waals surface area (Å²) in [6.07, 6.45) is 0.282. The van der Waals surface area contributed by atoms with Crippen LogP contribution in [0.3, 0.4) is 0 Å². The first-order valence-corrected chi connectivity index (χ1v) is 16.0. The van der Waals surface area contributed by atoms with Crippen LogP contribution >= 0.6 is 23.2 Å². The Hall–Kier alpha value is -3.07. The second kappa shape index (κ2) is 13.5. The van der Waals surface area contributed by atoms with Crippen LogP contribution in [0.15, 0.2) is 65.6 Å².